The minimum absolute atomic E-state index is 0.0464. The third kappa shape index (κ3) is 10.4. The van der Waals surface area contributed by atoms with Crippen LogP contribution in [0.1, 0.15) is 85.5 Å². The molecule has 4 rings (SSSR count). The minimum atomic E-state index is -2.95. The molecule has 0 aromatic carbocycles. The topological polar surface area (TPSA) is 196 Å². The van der Waals surface area contributed by atoms with Gasteiger partial charge >= 0.3 is 62.1 Å². The molecular weight excluding hydrogens is 618 g/mol. The van der Waals surface area contributed by atoms with Gasteiger partial charge in [-0.15, -0.1) is 0 Å². The van der Waals surface area contributed by atoms with Crippen molar-refractivity contribution in [2.45, 2.75) is 59.4 Å². The summed E-state index contributed by atoms with van der Waals surface area (Å²) in [5.74, 6) is -0.0137. The Morgan fingerprint density at radius 3 is 1.56 bits per heavy atom. The van der Waals surface area contributed by atoms with E-state index in [-0.39, 0.29) is 29.1 Å². The molecule has 4 heterocycles. The zero-order valence-corrected chi connectivity index (χ0v) is 31.0. The van der Waals surface area contributed by atoms with Crippen LogP contribution in [0.3, 0.4) is 0 Å². The normalized spacial score (nSPS) is 11.6. The number of hydrogen-bond donors (Lipinski definition) is 2. The number of nitrogens with two attached hydrogens (primary N) is 1. The van der Waals surface area contributed by atoms with E-state index < -0.39 is 24.6 Å². The zero-order chi connectivity index (χ0) is 33.0. The first-order valence-corrected chi connectivity index (χ1v) is 24.1. The number of hydrogen-bond acceptors (Lipinski definition) is 11. The average Bonchev–Trinajstić information content (AvgIpc) is 3.57. The molecule has 17 heteroatoms. The molecule has 3 N–H and O–H groups in total. The molecule has 1 atom stereocenters. The van der Waals surface area contributed by atoms with Crippen molar-refractivity contribution in [1.29, 1.82) is 0 Å². The molecule has 0 radical (unpaired) electrons. The van der Waals surface area contributed by atoms with Crippen LogP contribution in [0.25, 0.3) is 11.0 Å². The summed E-state index contributed by atoms with van der Waals surface area (Å²) in [5.41, 5.74) is 10.0. The fourth-order valence-corrected chi connectivity index (χ4v) is 3.78. The summed E-state index contributed by atoms with van der Waals surface area (Å²) in [5, 5.41) is 20.6. The van der Waals surface area contributed by atoms with Crippen molar-refractivity contribution in [3.63, 3.8) is 0 Å². The van der Waals surface area contributed by atoms with Gasteiger partial charge < -0.3 is 10.9 Å². The number of carbonyl (C=O) groups is 2. The molecule has 0 saturated heterocycles. The molecule has 0 amide bonds. The maximum absolute atomic E-state index is 12.2. The van der Waals surface area contributed by atoms with Crippen LogP contribution in [0.5, 0.6) is 0 Å². The summed E-state index contributed by atoms with van der Waals surface area (Å²) in [4.78, 5) is 24.4. The standard InChI is InChI=1S/C13H15N3O2.C13H17N3O.2Na.O4S2/c1-8(2)12-11(13(17)9(3)15-18)10-6-4-5-7-16(10)14-12;1-8(2)12-11(13(17)9(3)14)10-6-4-5-7-16(10)15-12;;;1-5(2)6(3)4/h4-8,18H,1-3H3;4-9H,14H2,1-3H3;;;. The number of pyridine rings is 2. The van der Waals surface area contributed by atoms with Crippen LogP contribution in [-0.4, -0.2) is 108 Å². The van der Waals surface area contributed by atoms with Crippen LogP contribution in [0.2, 0.25) is 0 Å². The molecule has 0 saturated carbocycles. The van der Waals surface area contributed by atoms with Crippen molar-refractivity contribution in [3.8, 4) is 0 Å². The molecule has 0 bridgehead atoms. The van der Waals surface area contributed by atoms with E-state index in [4.69, 9.17) is 27.8 Å². The predicted molar refractivity (Wildman–Crippen MR) is 165 cm³/mol. The molecule has 4 aromatic rings. The second-order valence-corrected chi connectivity index (χ2v) is 11.9. The van der Waals surface area contributed by atoms with Crippen molar-refractivity contribution < 1.29 is 31.6 Å². The predicted octanol–water partition coefficient (Wildman–Crippen LogP) is 2.38. The molecule has 222 valence electrons. The van der Waals surface area contributed by atoms with Gasteiger partial charge in [0.15, 0.2) is 5.78 Å². The number of aromatic nitrogens is 4. The zero-order valence-electron chi connectivity index (χ0n) is 25.4. The van der Waals surface area contributed by atoms with Crippen LogP contribution >= 0.6 is 0 Å². The first-order chi connectivity index (χ1) is 20.2. The number of oxime groups is 1. The van der Waals surface area contributed by atoms with E-state index in [1.807, 2.05) is 70.3 Å². The van der Waals surface area contributed by atoms with E-state index >= 15 is 0 Å². The first-order valence-electron chi connectivity index (χ1n) is 13.4. The van der Waals surface area contributed by atoms with Crippen molar-refractivity contribution in [1.82, 2.24) is 19.2 Å². The Bertz CT molecular complexity index is 1820. The number of nitrogens with zero attached hydrogens (tertiary/aromatic N) is 5. The van der Waals surface area contributed by atoms with Gasteiger partial charge in [-0.1, -0.05) is 45.0 Å². The summed E-state index contributed by atoms with van der Waals surface area (Å²) < 4.78 is 39.8. The Balaban J connectivity index is 0.000000347. The maximum atomic E-state index is 12.2. The quantitative estimate of drug-likeness (QED) is 0.103. The van der Waals surface area contributed by atoms with Crippen molar-refractivity contribution >= 4 is 90.5 Å². The van der Waals surface area contributed by atoms with Gasteiger partial charge in [-0.2, -0.15) is 27.0 Å². The molecular formula is C26H32N6Na2O7S2. The SMILES string of the molecule is CC(=NO)C(=O)c1c(C(C)C)nn2ccccc12.CC(N)C(=O)c1c(C(C)C)nn2ccccc12.O=S(=O)=S(=O)=O.[Na][Na]. The Labute approximate surface area is 280 Å². The number of rotatable bonds is 6. The van der Waals surface area contributed by atoms with Crippen molar-refractivity contribution in [2.24, 2.45) is 10.9 Å². The Morgan fingerprint density at radius 1 is 0.814 bits per heavy atom. The number of carbonyl (C=O) groups excluding carboxylic acids is 2. The summed E-state index contributed by atoms with van der Waals surface area (Å²) >= 11 is 2.89. The van der Waals surface area contributed by atoms with Gasteiger partial charge in [0, 0.05) is 12.4 Å². The van der Waals surface area contributed by atoms with Gasteiger partial charge in [0.2, 0.25) is 5.78 Å². The molecule has 0 spiro atoms. The van der Waals surface area contributed by atoms with Gasteiger partial charge in [0.1, 0.15) is 5.71 Å². The van der Waals surface area contributed by atoms with E-state index in [0.717, 1.165) is 16.7 Å². The second-order valence-electron chi connectivity index (χ2n) is 9.47. The van der Waals surface area contributed by atoms with Gasteiger partial charge in [-0.3, -0.25) is 9.59 Å². The molecule has 0 fully saturated rings. The third-order valence-electron chi connectivity index (χ3n) is 5.70. The van der Waals surface area contributed by atoms with Gasteiger partial charge in [0.05, 0.1) is 39.6 Å². The molecule has 1 unspecified atom stereocenters. The van der Waals surface area contributed by atoms with E-state index in [1.54, 1.807) is 22.2 Å². The molecule has 0 aliphatic carbocycles. The van der Waals surface area contributed by atoms with E-state index in [0.29, 0.717) is 16.8 Å². The first kappa shape index (κ1) is 38.8. The van der Waals surface area contributed by atoms with Crippen LogP contribution in [-0.2, 0) is 18.5 Å². The Morgan fingerprint density at radius 2 is 1.21 bits per heavy atom. The molecule has 4 aromatic heterocycles. The molecule has 43 heavy (non-hydrogen) atoms. The fourth-order valence-electron chi connectivity index (χ4n) is 3.78. The summed E-state index contributed by atoms with van der Waals surface area (Å²) in [7, 11) is -5.90. The fraction of sp³-hybridized carbons (Fsp3) is 0.346. The van der Waals surface area contributed by atoms with Crippen LogP contribution in [0.15, 0.2) is 53.9 Å². The molecule has 0 aliphatic rings. The van der Waals surface area contributed by atoms with E-state index in [9.17, 15) is 9.59 Å². The van der Waals surface area contributed by atoms with Gasteiger partial charge in [-0.25, -0.2) is 9.03 Å². The van der Waals surface area contributed by atoms with Crippen molar-refractivity contribution in [3.05, 3.63) is 71.3 Å². The second kappa shape index (κ2) is 18.6. The van der Waals surface area contributed by atoms with Crippen molar-refractivity contribution in [2.75, 3.05) is 0 Å². The van der Waals surface area contributed by atoms with Gasteiger partial charge in [0.25, 0.3) is 0 Å². The van der Waals surface area contributed by atoms with Crippen LogP contribution in [0.4, 0.5) is 0 Å². The number of fused-ring (bicyclic) bond motifs is 2. The monoisotopic (exact) mass is 650 g/mol. The summed E-state index contributed by atoms with van der Waals surface area (Å²) in [6.07, 6.45) is 3.64. The van der Waals surface area contributed by atoms with Crippen LogP contribution < -0.4 is 5.73 Å². The third-order valence-corrected chi connectivity index (χ3v) is 6.59. The van der Waals surface area contributed by atoms with E-state index in [2.05, 4.69) is 15.4 Å². The summed E-state index contributed by atoms with van der Waals surface area (Å²) in [6, 6.07) is 10.7. The van der Waals surface area contributed by atoms with E-state index in [1.165, 1.54) is 50.5 Å². The van der Waals surface area contributed by atoms with Crippen LogP contribution in [0, 0.1) is 0 Å². The Kier molecular flexibility index (Phi) is 16.8. The number of ketones is 2. The van der Waals surface area contributed by atoms with Gasteiger partial charge in [-0.05, 0) is 49.9 Å². The average molecular weight is 651 g/mol. The molecule has 0 aliphatic heterocycles. The molecule has 13 nitrogen and oxygen atoms in total. The Hall–Kier alpha value is -2.21. The summed E-state index contributed by atoms with van der Waals surface area (Å²) in [6.45, 7) is 11.2. The number of Topliss-reactive ketones (excluding diaryl/α,β-unsaturated/α-hetero) is 2.